The predicted octanol–water partition coefficient (Wildman–Crippen LogP) is 3.58. The van der Waals surface area contributed by atoms with Crippen LogP contribution in [0.25, 0.3) is 21.6 Å². The molecule has 28 heavy (non-hydrogen) atoms. The summed E-state index contributed by atoms with van der Waals surface area (Å²) in [6.45, 7) is 1.43. The number of para-hydroxylation sites is 1. The Balaban J connectivity index is 1.51. The molecule has 0 atom stereocenters. The first-order chi connectivity index (χ1) is 13.6. The van der Waals surface area contributed by atoms with Gasteiger partial charge in [0.05, 0.1) is 10.4 Å². The molecule has 0 bridgehead atoms. The largest absolute Gasteiger partial charge is 0.382 e. The van der Waals surface area contributed by atoms with Crippen molar-refractivity contribution in [2.45, 2.75) is 18.4 Å². The molecule has 0 aliphatic carbocycles. The van der Waals surface area contributed by atoms with Crippen molar-refractivity contribution in [1.29, 1.82) is 0 Å². The highest BCUT2D eigenvalue weighted by molar-refractivity contribution is 7.13. The highest BCUT2D eigenvalue weighted by Gasteiger charge is 2.37. The summed E-state index contributed by atoms with van der Waals surface area (Å²) in [5, 5.41) is 14.2. The minimum Gasteiger partial charge on any atom is -0.382 e. The van der Waals surface area contributed by atoms with Gasteiger partial charge in [-0.15, -0.1) is 11.3 Å². The Kier molecular flexibility index (Phi) is 4.14. The van der Waals surface area contributed by atoms with Crippen molar-refractivity contribution >= 4 is 28.1 Å². The fourth-order valence-corrected chi connectivity index (χ4v) is 4.60. The van der Waals surface area contributed by atoms with Crippen LogP contribution in [0.4, 0.5) is 5.82 Å². The highest BCUT2D eigenvalue weighted by Crippen LogP contribution is 2.36. The second-order valence-electron chi connectivity index (χ2n) is 7.25. The number of thiophene rings is 1. The summed E-state index contributed by atoms with van der Waals surface area (Å²) in [5.74, 6) is 2.43. The van der Waals surface area contributed by atoms with Crippen LogP contribution in [-0.4, -0.2) is 37.7 Å². The summed E-state index contributed by atoms with van der Waals surface area (Å²) in [5.41, 5.74) is 0.0505. The number of imidazole rings is 1. The Labute approximate surface area is 167 Å². The second kappa shape index (κ2) is 6.68. The van der Waals surface area contributed by atoms with Crippen LogP contribution in [0.2, 0.25) is 0 Å². The van der Waals surface area contributed by atoms with E-state index in [1.165, 1.54) is 0 Å². The smallest absolute Gasteiger partial charge is 0.172 e. The third-order valence-electron chi connectivity index (χ3n) is 5.45. The van der Waals surface area contributed by atoms with Crippen LogP contribution in [0.1, 0.15) is 18.7 Å². The van der Waals surface area contributed by atoms with E-state index >= 15 is 0 Å². The molecule has 3 aromatic heterocycles. The molecule has 1 fully saturated rings. The Morgan fingerprint density at radius 1 is 1.07 bits per heavy atom. The third kappa shape index (κ3) is 2.87. The van der Waals surface area contributed by atoms with Crippen molar-refractivity contribution in [3.63, 3.8) is 0 Å². The van der Waals surface area contributed by atoms with E-state index in [-0.39, 0.29) is 0 Å². The molecule has 1 saturated heterocycles. The summed E-state index contributed by atoms with van der Waals surface area (Å²) >= 11 is 1.65. The number of anilines is 1. The molecule has 1 aliphatic heterocycles. The Hall–Kier alpha value is -2.77. The number of aliphatic hydroxyl groups is 1. The molecule has 1 aromatic carbocycles. The lowest BCUT2D eigenvalue weighted by molar-refractivity contribution is 0.000715. The van der Waals surface area contributed by atoms with Gasteiger partial charge in [0.2, 0.25) is 0 Å². The van der Waals surface area contributed by atoms with Crippen molar-refractivity contribution in [3.05, 3.63) is 60.0 Å². The maximum Gasteiger partial charge on any atom is 0.172 e. The zero-order valence-corrected chi connectivity index (χ0v) is 16.4. The van der Waals surface area contributed by atoms with Crippen LogP contribution in [0.5, 0.6) is 0 Å². The van der Waals surface area contributed by atoms with Crippen molar-refractivity contribution in [3.8, 4) is 10.7 Å². The summed E-state index contributed by atoms with van der Waals surface area (Å²) in [4.78, 5) is 17.4. The van der Waals surface area contributed by atoms with Crippen molar-refractivity contribution < 1.29 is 5.11 Å². The Morgan fingerprint density at radius 2 is 1.89 bits per heavy atom. The number of fused-ring (bicyclic) bond motifs is 1. The number of aromatic nitrogens is 4. The molecule has 4 aromatic rings. The monoisotopic (exact) mass is 391 g/mol. The van der Waals surface area contributed by atoms with E-state index in [2.05, 4.69) is 22.0 Å². The first-order valence-electron chi connectivity index (χ1n) is 9.40. The molecule has 0 unspecified atom stereocenters. The number of aryl methyl sites for hydroxylation is 1. The zero-order chi connectivity index (χ0) is 19.1. The van der Waals surface area contributed by atoms with Crippen LogP contribution in [-0.2, 0) is 12.6 Å². The van der Waals surface area contributed by atoms with Crippen LogP contribution in [0.3, 0.4) is 0 Å². The molecule has 1 aliphatic rings. The number of hydrogen-bond donors (Lipinski definition) is 1. The molecule has 1 N–H and O–H groups in total. The number of rotatable bonds is 3. The Bertz CT molecular complexity index is 1110. The van der Waals surface area contributed by atoms with Gasteiger partial charge >= 0.3 is 0 Å². The lowest BCUT2D eigenvalue weighted by atomic mass is 9.90. The fraction of sp³-hybridized carbons (Fsp3) is 0.286. The van der Waals surface area contributed by atoms with E-state index in [1.807, 2.05) is 47.5 Å². The minimum atomic E-state index is -0.895. The Morgan fingerprint density at radius 3 is 2.61 bits per heavy atom. The third-order valence-corrected chi connectivity index (χ3v) is 6.32. The van der Waals surface area contributed by atoms with Gasteiger partial charge < -0.3 is 14.6 Å². The van der Waals surface area contributed by atoms with Gasteiger partial charge in [-0.3, -0.25) is 0 Å². The van der Waals surface area contributed by atoms with Gasteiger partial charge in [-0.25, -0.2) is 15.0 Å². The van der Waals surface area contributed by atoms with Gasteiger partial charge in [-0.2, -0.15) is 0 Å². The first-order valence-corrected chi connectivity index (χ1v) is 10.3. The number of hydrogen-bond acceptors (Lipinski definition) is 6. The van der Waals surface area contributed by atoms with Crippen molar-refractivity contribution in [2.75, 3.05) is 18.0 Å². The van der Waals surface area contributed by atoms with Crippen LogP contribution in [0, 0.1) is 0 Å². The van der Waals surface area contributed by atoms with Crippen LogP contribution >= 0.6 is 11.3 Å². The molecule has 0 radical (unpaired) electrons. The van der Waals surface area contributed by atoms with Crippen molar-refractivity contribution in [2.24, 2.45) is 7.05 Å². The molecular weight excluding hydrogens is 370 g/mol. The average molecular weight is 392 g/mol. The summed E-state index contributed by atoms with van der Waals surface area (Å²) in [6, 6.07) is 12.2. The molecular formula is C21H21N5OS. The SMILES string of the molecule is Cn1ccnc1C1(O)CCN(c2nc(-c3cccs3)nc3ccccc23)CC1. The molecule has 142 valence electrons. The fourth-order valence-electron chi connectivity index (χ4n) is 3.94. The maximum atomic E-state index is 11.2. The topological polar surface area (TPSA) is 67.1 Å². The molecule has 0 saturated carbocycles. The van der Waals surface area contributed by atoms with E-state index in [0.29, 0.717) is 25.9 Å². The van der Waals surface area contributed by atoms with Crippen LogP contribution < -0.4 is 4.90 Å². The number of nitrogens with zero attached hydrogens (tertiary/aromatic N) is 5. The first kappa shape index (κ1) is 17.3. The number of benzene rings is 1. The molecule has 0 spiro atoms. The van der Waals surface area contributed by atoms with E-state index in [9.17, 15) is 5.11 Å². The maximum absolute atomic E-state index is 11.2. The quantitative estimate of drug-likeness (QED) is 0.578. The predicted molar refractivity (Wildman–Crippen MR) is 111 cm³/mol. The standard InChI is InChI=1S/C21H21N5OS/c1-25-13-10-22-20(25)21(27)8-11-26(12-9-21)19-15-5-2-3-6-16(15)23-18(24-19)17-7-4-14-28-17/h2-7,10,13-14,27H,8-9,11-12H2,1H3. The van der Waals surface area contributed by atoms with Gasteiger partial charge in [0.15, 0.2) is 5.82 Å². The summed E-state index contributed by atoms with van der Waals surface area (Å²) < 4.78 is 1.91. The van der Waals surface area contributed by atoms with Crippen molar-refractivity contribution in [1.82, 2.24) is 19.5 Å². The molecule has 0 amide bonds. The van der Waals surface area contributed by atoms with Gasteiger partial charge in [0, 0.05) is 50.8 Å². The normalized spacial score (nSPS) is 16.6. The van der Waals surface area contributed by atoms with Gasteiger partial charge in [0.25, 0.3) is 0 Å². The van der Waals surface area contributed by atoms with Gasteiger partial charge in [0.1, 0.15) is 17.2 Å². The average Bonchev–Trinajstić information content (AvgIpc) is 3.40. The zero-order valence-electron chi connectivity index (χ0n) is 15.6. The van der Waals surface area contributed by atoms with Gasteiger partial charge in [-0.05, 0) is 23.6 Å². The molecule has 7 heteroatoms. The van der Waals surface area contributed by atoms with Crippen LogP contribution in [0.15, 0.2) is 54.2 Å². The molecule has 5 rings (SSSR count). The lowest BCUT2D eigenvalue weighted by Crippen LogP contribution is -2.44. The van der Waals surface area contributed by atoms with E-state index in [1.54, 1.807) is 17.5 Å². The molecule has 6 nitrogen and oxygen atoms in total. The highest BCUT2D eigenvalue weighted by atomic mass is 32.1. The van der Waals surface area contributed by atoms with Gasteiger partial charge in [-0.1, -0.05) is 18.2 Å². The number of piperidine rings is 1. The summed E-state index contributed by atoms with van der Waals surface area (Å²) in [7, 11) is 1.93. The van der Waals surface area contributed by atoms with E-state index in [4.69, 9.17) is 9.97 Å². The summed E-state index contributed by atoms with van der Waals surface area (Å²) in [6.07, 6.45) is 4.85. The second-order valence-corrected chi connectivity index (χ2v) is 8.19. The molecule has 4 heterocycles. The van der Waals surface area contributed by atoms with E-state index < -0.39 is 5.60 Å². The lowest BCUT2D eigenvalue weighted by Gasteiger charge is -2.38. The minimum absolute atomic E-state index is 0.616. The van der Waals surface area contributed by atoms with E-state index in [0.717, 1.165) is 33.2 Å².